The number of azo groups is 1. The zero-order chi connectivity index (χ0) is 19.4. The monoisotopic (exact) mass is 366 g/mol. The molecule has 0 unspecified atom stereocenters. The van der Waals surface area contributed by atoms with E-state index in [1.54, 1.807) is 55.6 Å². The van der Waals surface area contributed by atoms with Crippen LogP contribution in [-0.2, 0) is 11.8 Å². The van der Waals surface area contributed by atoms with Crippen molar-refractivity contribution < 1.29 is 19.4 Å². The second-order valence-electron chi connectivity index (χ2n) is 5.76. The second-order valence-corrected chi connectivity index (χ2v) is 5.76. The van der Waals surface area contributed by atoms with Gasteiger partial charge in [-0.2, -0.15) is 0 Å². The van der Waals surface area contributed by atoms with Crippen LogP contribution in [0.25, 0.3) is 10.9 Å². The molecule has 0 fully saturated rings. The van der Waals surface area contributed by atoms with Crippen molar-refractivity contribution in [2.75, 3.05) is 13.7 Å². The number of aromatic hydroxyl groups is 1. The van der Waals surface area contributed by atoms with Crippen LogP contribution in [0.1, 0.15) is 10.4 Å². The van der Waals surface area contributed by atoms with Crippen LogP contribution >= 0.6 is 0 Å². The van der Waals surface area contributed by atoms with Crippen LogP contribution in [-0.4, -0.2) is 35.1 Å². The van der Waals surface area contributed by atoms with Crippen LogP contribution in [0.4, 0.5) is 5.69 Å². The summed E-state index contributed by atoms with van der Waals surface area (Å²) >= 11 is 0. The fourth-order valence-electron chi connectivity index (χ4n) is 2.60. The van der Waals surface area contributed by atoms with Crippen molar-refractivity contribution in [1.29, 1.82) is 0 Å². The fourth-order valence-corrected chi connectivity index (χ4v) is 2.60. The lowest BCUT2D eigenvalue weighted by Crippen LogP contribution is -2.28. The molecule has 2 N–H and O–H groups in total. The van der Waals surface area contributed by atoms with Crippen molar-refractivity contribution >= 4 is 28.4 Å². The van der Waals surface area contributed by atoms with E-state index in [0.717, 1.165) is 0 Å². The number of aryl methyl sites for hydroxylation is 1. The Morgan fingerprint density at radius 2 is 1.93 bits per heavy atom. The lowest BCUT2D eigenvalue weighted by Gasteiger charge is -2.01. The second kappa shape index (κ2) is 7.69. The van der Waals surface area contributed by atoms with Gasteiger partial charge in [-0.1, -0.05) is 18.2 Å². The lowest BCUT2D eigenvalue weighted by atomic mass is 10.2. The molecular formula is C19H18N4O4. The van der Waals surface area contributed by atoms with E-state index in [-0.39, 0.29) is 24.0 Å². The van der Waals surface area contributed by atoms with Crippen LogP contribution in [0, 0.1) is 0 Å². The van der Waals surface area contributed by atoms with Crippen molar-refractivity contribution in [2.24, 2.45) is 17.3 Å². The molecule has 0 radical (unpaired) electrons. The topological polar surface area (TPSA) is 105 Å². The third kappa shape index (κ3) is 3.79. The van der Waals surface area contributed by atoms with Gasteiger partial charge in [-0.05, 0) is 30.3 Å². The van der Waals surface area contributed by atoms with Crippen molar-refractivity contribution in [3.05, 3.63) is 54.1 Å². The highest BCUT2D eigenvalue weighted by atomic mass is 16.5. The van der Waals surface area contributed by atoms with Gasteiger partial charge < -0.3 is 19.7 Å². The van der Waals surface area contributed by atoms with Crippen LogP contribution in [0.5, 0.6) is 11.6 Å². The number of amides is 2. The third-order valence-electron chi connectivity index (χ3n) is 4.05. The molecule has 8 heteroatoms. The van der Waals surface area contributed by atoms with Gasteiger partial charge in [0, 0.05) is 18.0 Å². The predicted molar refractivity (Wildman–Crippen MR) is 99.4 cm³/mol. The minimum absolute atomic E-state index is 0.122. The van der Waals surface area contributed by atoms with Gasteiger partial charge >= 0.3 is 0 Å². The van der Waals surface area contributed by atoms with E-state index in [1.807, 2.05) is 0 Å². The molecule has 0 spiro atoms. The summed E-state index contributed by atoms with van der Waals surface area (Å²) in [5.74, 6) is -0.551. The molecule has 27 heavy (non-hydrogen) atoms. The molecule has 0 aliphatic carbocycles. The number of rotatable bonds is 5. The summed E-state index contributed by atoms with van der Waals surface area (Å²) < 4.78 is 6.71. The molecule has 138 valence electrons. The predicted octanol–water partition coefficient (Wildman–Crippen LogP) is 2.93. The Labute approximate surface area is 155 Å². The number of carbonyl (C=O) groups excluding carboxylic acids is 2. The molecule has 2 amide bonds. The number of ether oxygens (including phenoxy) is 1. The number of carbonyl (C=O) groups is 2. The average Bonchev–Trinajstić information content (AvgIpc) is 2.94. The number of methoxy groups -OCH3 is 1. The SMILES string of the molecule is COc1ccc2c(c1)c(N=NC(=O)CNC(=O)c1ccccc1)c(O)n2C. The van der Waals surface area contributed by atoms with Gasteiger partial charge in [-0.3, -0.25) is 9.59 Å². The summed E-state index contributed by atoms with van der Waals surface area (Å²) in [5, 5.41) is 20.8. The first-order valence-corrected chi connectivity index (χ1v) is 8.14. The maximum absolute atomic E-state index is 11.9. The maximum atomic E-state index is 11.9. The average molecular weight is 366 g/mol. The van der Waals surface area contributed by atoms with Crippen molar-refractivity contribution in [2.45, 2.75) is 0 Å². The standard InChI is InChI=1S/C19H18N4O4/c1-23-15-9-8-13(27-2)10-14(15)17(19(23)26)22-21-16(24)11-20-18(25)12-6-4-3-5-7-12/h3-10,26H,11H2,1-2H3,(H,20,25). The molecule has 1 aromatic heterocycles. The third-order valence-corrected chi connectivity index (χ3v) is 4.05. The molecule has 0 aliphatic rings. The van der Waals surface area contributed by atoms with Gasteiger partial charge in [0.05, 0.1) is 12.6 Å². The van der Waals surface area contributed by atoms with Gasteiger partial charge in [0.1, 0.15) is 12.3 Å². The maximum Gasteiger partial charge on any atom is 0.283 e. The van der Waals surface area contributed by atoms with Crippen LogP contribution in [0.3, 0.4) is 0 Å². The van der Waals surface area contributed by atoms with E-state index in [0.29, 0.717) is 22.2 Å². The van der Waals surface area contributed by atoms with Crippen LogP contribution in [0.2, 0.25) is 0 Å². The molecule has 0 saturated heterocycles. The minimum atomic E-state index is -0.640. The van der Waals surface area contributed by atoms with E-state index in [4.69, 9.17) is 4.74 Å². The Morgan fingerprint density at radius 3 is 2.63 bits per heavy atom. The summed E-state index contributed by atoms with van der Waals surface area (Å²) in [4.78, 5) is 23.9. The Hall–Kier alpha value is -3.68. The Morgan fingerprint density at radius 1 is 1.19 bits per heavy atom. The zero-order valence-corrected chi connectivity index (χ0v) is 14.8. The van der Waals surface area contributed by atoms with E-state index in [1.165, 1.54) is 11.7 Å². The normalized spacial score (nSPS) is 11.0. The fraction of sp³-hybridized carbons (Fsp3) is 0.158. The molecule has 0 saturated carbocycles. The Kier molecular flexibility index (Phi) is 5.16. The van der Waals surface area contributed by atoms with Crippen molar-refractivity contribution in [3.63, 3.8) is 0 Å². The molecule has 2 aromatic carbocycles. The van der Waals surface area contributed by atoms with E-state index < -0.39 is 5.91 Å². The number of fused-ring (bicyclic) bond motifs is 1. The van der Waals surface area contributed by atoms with Crippen molar-refractivity contribution in [1.82, 2.24) is 9.88 Å². The lowest BCUT2D eigenvalue weighted by molar-refractivity contribution is -0.117. The first kappa shape index (κ1) is 18.1. The summed E-state index contributed by atoms with van der Waals surface area (Å²) in [6, 6.07) is 13.8. The van der Waals surface area contributed by atoms with E-state index in [9.17, 15) is 14.7 Å². The summed E-state index contributed by atoms with van der Waals surface area (Å²) in [6.07, 6.45) is 0. The number of nitrogens with one attached hydrogen (secondary N) is 1. The number of hydrogen-bond donors (Lipinski definition) is 2. The quantitative estimate of drug-likeness (QED) is 0.677. The zero-order valence-electron chi connectivity index (χ0n) is 14.8. The Bertz CT molecular complexity index is 1030. The van der Waals surface area contributed by atoms with Crippen molar-refractivity contribution in [3.8, 4) is 11.6 Å². The summed E-state index contributed by atoms with van der Waals surface area (Å²) in [6.45, 7) is -0.300. The summed E-state index contributed by atoms with van der Waals surface area (Å²) in [7, 11) is 3.20. The van der Waals surface area contributed by atoms with Crippen LogP contribution in [0.15, 0.2) is 58.8 Å². The smallest absolute Gasteiger partial charge is 0.283 e. The van der Waals surface area contributed by atoms with E-state index >= 15 is 0 Å². The number of nitrogens with zero attached hydrogens (tertiary/aromatic N) is 3. The first-order valence-electron chi connectivity index (χ1n) is 8.14. The Balaban J connectivity index is 1.74. The van der Waals surface area contributed by atoms with Gasteiger partial charge in [-0.15, -0.1) is 10.2 Å². The number of hydrogen-bond acceptors (Lipinski definition) is 5. The molecule has 8 nitrogen and oxygen atoms in total. The largest absolute Gasteiger partial charge is 0.497 e. The molecule has 0 bridgehead atoms. The highest BCUT2D eigenvalue weighted by molar-refractivity contribution is 5.97. The van der Waals surface area contributed by atoms with Gasteiger partial charge in [0.15, 0.2) is 5.69 Å². The van der Waals surface area contributed by atoms with Gasteiger partial charge in [0.2, 0.25) is 5.88 Å². The first-order chi connectivity index (χ1) is 13.0. The molecule has 1 heterocycles. The number of benzene rings is 2. The summed E-state index contributed by atoms with van der Waals surface area (Å²) in [5.41, 5.74) is 1.32. The van der Waals surface area contributed by atoms with E-state index in [2.05, 4.69) is 15.5 Å². The highest BCUT2D eigenvalue weighted by Crippen LogP contribution is 2.39. The molecular weight excluding hydrogens is 348 g/mol. The molecule has 3 aromatic rings. The van der Waals surface area contributed by atoms with Gasteiger partial charge in [-0.25, -0.2) is 0 Å². The molecule has 0 aliphatic heterocycles. The number of aromatic nitrogens is 1. The van der Waals surface area contributed by atoms with Gasteiger partial charge in [0.25, 0.3) is 11.8 Å². The molecule has 3 rings (SSSR count). The van der Waals surface area contributed by atoms with Crippen LogP contribution < -0.4 is 10.1 Å². The highest BCUT2D eigenvalue weighted by Gasteiger charge is 2.15. The molecule has 0 atom stereocenters. The minimum Gasteiger partial charge on any atom is -0.497 e.